The number of nitrogens with zero attached hydrogens (tertiary/aromatic N) is 1. The van der Waals surface area contributed by atoms with E-state index in [1.54, 1.807) is 65.8 Å². The second-order valence-corrected chi connectivity index (χ2v) is 13.4. The zero-order valence-electron chi connectivity index (χ0n) is 28.1. The predicted molar refractivity (Wildman–Crippen MR) is 183 cm³/mol. The maximum absolute atomic E-state index is 14.4. The van der Waals surface area contributed by atoms with Crippen molar-refractivity contribution in [1.82, 2.24) is 15.5 Å². The van der Waals surface area contributed by atoms with E-state index < -0.39 is 53.2 Å². The van der Waals surface area contributed by atoms with Crippen LogP contribution in [0.5, 0.6) is 0 Å². The number of nitrogens with one attached hydrogen (secondary N) is 2. The smallest absolute Gasteiger partial charge is 0.408 e. The highest BCUT2D eigenvalue weighted by atomic mass is 32.1. The van der Waals surface area contributed by atoms with Crippen LogP contribution in [0.4, 0.5) is 4.79 Å². The van der Waals surface area contributed by atoms with E-state index in [1.807, 2.05) is 37.3 Å². The summed E-state index contributed by atoms with van der Waals surface area (Å²) >= 11 is 4.35. The standard InChI is InChI=1S/C36H49N3O6S/c1-9-11-15-22-39(32(41)29(24-46)38-34(43)45-36(6,7)8)30(27-20-18-25(10-2)19-21-27)31(40)37-28(33(42)44-35(3,4)5)23-26-16-13-12-14-17-26/h2,12-14,16-21,28-30,46H,9,11,15,22-24H2,1,3-8H3,(H,37,40)(H,38,43). The van der Waals surface area contributed by atoms with E-state index in [0.29, 0.717) is 17.5 Å². The molecule has 250 valence electrons. The highest BCUT2D eigenvalue weighted by Crippen LogP contribution is 2.25. The van der Waals surface area contributed by atoms with E-state index in [-0.39, 0.29) is 18.7 Å². The minimum atomic E-state index is -1.17. The molecule has 46 heavy (non-hydrogen) atoms. The number of unbranched alkanes of at least 4 members (excludes halogenated alkanes) is 2. The van der Waals surface area contributed by atoms with Crippen molar-refractivity contribution >= 4 is 36.5 Å². The van der Waals surface area contributed by atoms with Crippen LogP contribution in [0, 0.1) is 12.3 Å². The van der Waals surface area contributed by atoms with Crippen LogP contribution in [0.3, 0.4) is 0 Å². The van der Waals surface area contributed by atoms with Gasteiger partial charge in [0.15, 0.2) is 0 Å². The van der Waals surface area contributed by atoms with Crippen molar-refractivity contribution in [3.63, 3.8) is 0 Å². The van der Waals surface area contributed by atoms with Crippen molar-refractivity contribution in [3.05, 3.63) is 71.3 Å². The quantitative estimate of drug-likeness (QED) is 0.106. The number of alkyl carbamates (subject to hydrolysis) is 1. The molecule has 0 aliphatic rings. The maximum atomic E-state index is 14.4. The summed E-state index contributed by atoms with van der Waals surface area (Å²) in [5.74, 6) is 0.822. The van der Waals surface area contributed by atoms with E-state index in [4.69, 9.17) is 15.9 Å². The summed E-state index contributed by atoms with van der Waals surface area (Å²) in [5.41, 5.74) is 0.324. The van der Waals surface area contributed by atoms with E-state index in [9.17, 15) is 19.2 Å². The van der Waals surface area contributed by atoms with E-state index in [1.165, 1.54) is 4.90 Å². The predicted octanol–water partition coefficient (Wildman–Crippen LogP) is 5.62. The molecule has 3 amide bonds. The van der Waals surface area contributed by atoms with Crippen LogP contribution in [0.15, 0.2) is 54.6 Å². The Morgan fingerprint density at radius 2 is 1.48 bits per heavy atom. The fourth-order valence-corrected chi connectivity index (χ4v) is 4.88. The molecule has 0 aliphatic carbocycles. The number of carbonyl (C=O) groups excluding carboxylic acids is 4. The minimum Gasteiger partial charge on any atom is -0.458 e. The van der Waals surface area contributed by atoms with Gasteiger partial charge in [-0.25, -0.2) is 9.59 Å². The Morgan fingerprint density at radius 3 is 2.00 bits per heavy atom. The van der Waals surface area contributed by atoms with Gasteiger partial charge in [0.05, 0.1) is 0 Å². The number of ether oxygens (including phenoxy) is 2. The molecule has 0 aliphatic heterocycles. The molecule has 10 heteroatoms. The fraction of sp³-hybridized carbons (Fsp3) is 0.500. The molecule has 2 aromatic rings. The van der Waals surface area contributed by atoms with Crippen LogP contribution >= 0.6 is 12.6 Å². The molecule has 0 radical (unpaired) electrons. The van der Waals surface area contributed by atoms with Gasteiger partial charge in [-0.3, -0.25) is 9.59 Å². The lowest BCUT2D eigenvalue weighted by Crippen LogP contribution is -2.55. The van der Waals surface area contributed by atoms with Gasteiger partial charge in [0, 0.05) is 24.3 Å². The lowest BCUT2D eigenvalue weighted by Gasteiger charge is -2.35. The first-order valence-corrected chi connectivity index (χ1v) is 16.3. The van der Waals surface area contributed by atoms with Crippen LogP contribution in [0.25, 0.3) is 0 Å². The van der Waals surface area contributed by atoms with Crippen LogP contribution < -0.4 is 10.6 Å². The molecular formula is C36H49N3O6S. The van der Waals surface area contributed by atoms with Gasteiger partial charge >= 0.3 is 12.1 Å². The molecule has 0 saturated heterocycles. The first kappa shape index (κ1) is 38.2. The second-order valence-electron chi connectivity index (χ2n) is 13.1. The van der Waals surface area contributed by atoms with Gasteiger partial charge in [0.1, 0.15) is 29.3 Å². The summed E-state index contributed by atoms with van der Waals surface area (Å²) < 4.78 is 11.1. The zero-order chi connectivity index (χ0) is 34.5. The number of carbonyl (C=O) groups is 4. The van der Waals surface area contributed by atoms with Gasteiger partial charge in [0.2, 0.25) is 11.8 Å². The maximum Gasteiger partial charge on any atom is 0.408 e. The fourth-order valence-electron chi connectivity index (χ4n) is 4.64. The normalized spacial score (nSPS) is 13.4. The average Bonchev–Trinajstić information content (AvgIpc) is 2.97. The summed E-state index contributed by atoms with van der Waals surface area (Å²) in [4.78, 5) is 56.1. The van der Waals surface area contributed by atoms with Crippen molar-refractivity contribution in [2.45, 2.75) is 103 Å². The summed E-state index contributed by atoms with van der Waals surface area (Å²) in [6.45, 7) is 12.7. The largest absolute Gasteiger partial charge is 0.458 e. The lowest BCUT2D eigenvalue weighted by molar-refractivity contribution is -0.159. The van der Waals surface area contributed by atoms with Gasteiger partial charge in [0.25, 0.3) is 0 Å². The van der Waals surface area contributed by atoms with Crippen LogP contribution in [-0.2, 0) is 30.3 Å². The Kier molecular flexibility index (Phi) is 14.7. The van der Waals surface area contributed by atoms with E-state index >= 15 is 0 Å². The molecule has 9 nitrogen and oxygen atoms in total. The monoisotopic (exact) mass is 651 g/mol. The number of terminal acetylenes is 1. The molecule has 0 aromatic heterocycles. The molecule has 0 bridgehead atoms. The third-order valence-electron chi connectivity index (χ3n) is 6.70. The summed E-state index contributed by atoms with van der Waals surface area (Å²) in [5, 5.41) is 5.50. The van der Waals surface area contributed by atoms with Crippen LogP contribution in [0.1, 0.15) is 90.5 Å². The van der Waals surface area contributed by atoms with Crippen molar-refractivity contribution in [3.8, 4) is 12.3 Å². The first-order valence-electron chi connectivity index (χ1n) is 15.6. The molecule has 0 spiro atoms. The van der Waals surface area contributed by atoms with Crippen molar-refractivity contribution < 1.29 is 28.7 Å². The molecular weight excluding hydrogens is 602 g/mol. The van der Waals surface area contributed by atoms with Crippen molar-refractivity contribution in [1.29, 1.82) is 0 Å². The zero-order valence-corrected chi connectivity index (χ0v) is 29.0. The number of thiol groups is 1. The Bertz CT molecular complexity index is 1340. The summed E-state index contributed by atoms with van der Waals surface area (Å²) in [6, 6.07) is 12.7. The number of esters is 1. The van der Waals surface area contributed by atoms with Gasteiger partial charge in [-0.1, -0.05) is 68.2 Å². The van der Waals surface area contributed by atoms with Gasteiger partial charge < -0.3 is 25.0 Å². The van der Waals surface area contributed by atoms with Crippen LogP contribution in [0.2, 0.25) is 0 Å². The second kappa shape index (κ2) is 17.7. The number of benzene rings is 2. The third kappa shape index (κ3) is 12.8. The highest BCUT2D eigenvalue weighted by Gasteiger charge is 2.38. The number of hydrogen-bond acceptors (Lipinski definition) is 7. The molecule has 0 heterocycles. The van der Waals surface area contributed by atoms with Gasteiger partial charge in [-0.2, -0.15) is 12.6 Å². The Balaban J connectivity index is 2.59. The number of amides is 3. The SMILES string of the molecule is C#Cc1ccc(C(C(=O)NC(Cc2ccccc2)C(=O)OC(C)(C)C)N(CCCCC)C(=O)C(CS)NC(=O)OC(C)(C)C)cc1. The third-order valence-corrected chi connectivity index (χ3v) is 7.07. The van der Waals surface area contributed by atoms with Gasteiger partial charge in [-0.05, 0) is 71.2 Å². The van der Waals surface area contributed by atoms with Gasteiger partial charge in [-0.15, -0.1) is 6.42 Å². The lowest BCUT2D eigenvalue weighted by atomic mass is 9.99. The minimum absolute atomic E-state index is 0.0404. The Hall–Kier alpha value is -3.97. The summed E-state index contributed by atoms with van der Waals surface area (Å²) in [7, 11) is 0. The number of rotatable bonds is 14. The molecule has 2 rings (SSSR count). The van der Waals surface area contributed by atoms with E-state index in [0.717, 1.165) is 18.4 Å². The topological polar surface area (TPSA) is 114 Å². The summed E-state index contributed by atoms with van der Waals surface area (Å²) in [6.07, 6.45) is 7.26. The average molecular weight is 652 g/mol. The molecule has 0 fully saturated rings. The Morgan fingerprint density at radius 1 is 0.870 bits per heavy atom. The molecule has 3 unspecified atom stereocenters. The van der Waals surface area contributed by atoms with E-state index in [2.05, 4.69) is 29.2 Å². The molecule has 2 N–H and O–H groups in total. The highest BCUT2D eigenvalue weighted by molar-refractivity contribution is 7.80. The number of hydrogen-bond donors (Lipinski definition) is 3. The first-order chi connectivity index (χ1) is 21.6. The molecule has 3 atom stereocenters. The van der Waals surface area contributed by atoms with Crippen LogP contribution in [-0.4, -0.2) is 64.4 Å². The molecule has 2 aromatic carbocycles. The van der Waals surface area contributed by atoms with Crippen molar-refractivity contribution in [2.24, 2.45) is 0 Å². The Labute approximate surface area is 279 Å². The van der Waals surface area contributed by atoms with Crippen molar-refractivity contribution in [2.75, 3.05) is 12.3 Å². The molecule has 0 saturated carbocycles.